The van der Waals surface area contributed by atoms with Gasteiger partial charge in [-0.15, -0.1) is 0 Å². The molecule has 2 heterocycles. The van der Waals surface area contributed by atoms with Crippen molar-refractivity contribution in [2.24, 2.45) is 23.3 Å². The molecule has 266 valence electrons. The zero-order chi connectivity index (χ0) is 36.9. The largest absolute Gasteiger partial charge is 0.412 e. The Morgan fingerprint density at radius 3 is 1.48 bits per heavy atom. The van der Waals surface area contributed by atoms with Crippen LogP contribution in [0.3, 0.4) is 0 Å². The van der Waals surface area contributed by atoms with Gasteiger partial charge in [-0.05, 0) is 67.3 Å². The second kappa shape index (κ2) is 15.9. The van der Waals surface area contributed by atoms with Crippen molar-refractivity contribution in [3.63, 3.8) is 0 Å². The Hall–Kier alpha value is -5.34. The molecule has 0 aliphatic rings. The summed E-state index contributed by atoms with van der Waals surface area (Å²) in [6, 6.07) is 10.2. The van der Waals surface area contributed by atoms with E-state index in [1.807, 2.05) is 39.8 Å². The van der Waals surface area contributed by atoms with E-state index in [1.54, 1.807) is 26.2 Å². The zero-order valence-corrected chi connectivity index (χ0v) is 29.6. The van der Waals surface area contributed by atoms with E-state index in [0.29, 0.717) is 11.6 Å². The molecule has 4 rings (SSSR count). The van der Waals surface area contributed by atoms with E-state index in [9.17, 15) is 19.2 Å². The van der Waals surface area contributed by atoms with Gasteiger partial charge >= 0.3 is 24.1 Å². The van der Waals surface area contributed by atoms with E-state index in [0.717, 1.165) is 44.8 Å². The molecule has 0 bridgehead atoms. The fraction of sp³-hybridized carbons (Fsp3) is 0.389. The molecule has 0 fully saturated rings. The SMILES string of the molecule is Cc1c(-c2ccc(-c3cnc(C(NC(C)C(=O)OC(N)=O)C(C)C)[nH]3)cc2)ccc(-c2cnc(C(NC(C)C(=O)OC(N)=O)C(C)C)[nH]2)c1C. The Balaban J connectivity index is 1.51. The number of aromatic nitrogens is 4. The Morgan fingerprint density at radius 2 is 1.02 bits per heavy atom. The van der Waals surface area contributed by atoms with Gasteiger partial charge < -0.3 is 30.9 Å². The summed E-state index contributed by atoms with van der Waals surface area (Å²) in [5, 5.41) is 6.36. The van der Waals surface area contributed by atoms with Crippen LogP contribution in [0, 0.1) is 25.7 Å². The third kappa shape index (κ3) is 8.81. The number of benzene rings is 2. The van der Waals surface area contributed by atoms with Crippen LogP contribution in [0.5, 0.6) is 0 Å². The minimum atomic E-state index is -1.15. The molecule has 0 aliphatic heterocycles. The van der Waals surface area contributed by atoms with Crippen LogP contribution in [-0.2, 0) is 19.1 Å². The summed E-state index contributed by atoms with van der Waals surface area (Å²) >= 11 is 0. The van der Waals surface area contributed by atoms with E-state index in [-0.39, 0.29) is 23.9 Å². The van der Waals surface area contributed by atoms with Crippen molar-refractivity contribution in [1.82, 2.24) is 30.6 Å². The Labute approximate surface area is 291 Å². The molecule has 2 amide bonds. The quantitative estimate of drug-likeness (QED) is 0.0782. The maximum absolute atomic E-state index is 12.2. The summed E-state index contributed by atoms with van der Waals surface area (Å²) in [5.41, 5.74) is 17.9. The molecule has 4 atom stereocenters. The molecule has 4 aromatic rings. The molecule has 50 heavy (non-hydrogen) atoms. The lowest BCUT2D eigenvalue weighted by Crippen LogP contribution is -2.41. The molecule has 14 heteroatoms. The van der Waals surface area contributed by atoms with Gasteiger partial charge in [-0.1, -0.05) is 64.1 Å². The highest BCUT2D eigenvalue weighted by molar-refractivity contribution is 5.87. The number of nitrogens with one attached hydrogen (secondary N) is 4. The molecule has 0 saturated heterocycles. The van der Waals surface area contributed by atoms with Gasteiger partial charge in [0.2, 0.25) is 0 Å². The first-order valence-electron chi connectivity index (χ1n) is 16.4. The molecule has 14 nitrogen and oxygen atoms in total. The van der Waals surface area contributed by atoms with Gasteiger partial charge in [-0.2, -0.15) is 0 Å². The Bertz CT molecular complexity index is 1840. The van der Waals surface area contributed by atoms with Crippen molar-refractivity contribution in [3.8, 4) is 33.6 Å². The predicted octanol–water partition coefficient (Wildman–Crippen LogP) is 5.34. The number of primary amides is 2. The van der Waals surface area contributed by atoms with Crippen LogP contribution in [0.4, 0.5) is 9.59 Å². The number of H-pyrrole nitrogens is 2. The van der Waals surface area contributed by atoms with E-state index < -0.39 is 36.2 Å². The van der Waals surface area contributed by atoms with Gasteiger partial charge in [0.25, 0.3) is 0 Å². The highest BCUT2D eigenvalue weighted by Gasteiger charge is 2.27. The average Bonchev–Trinajstić information content (AvgIpc) is 3.73. The molecule has 0 radical (unpaired) electrons. The Morgan fingerprint density at radius 1 is 0.620 bits per heavy atom. The summed E-state index contributed by atoms with van der Waals surface area (Å²) in [7, 11) is 0. The van der Waals surface area contributed by atoms with Crippen LogP contribution in [0.1, 0.15) is 76.4 Å². The van der Waals surface area contributed by atoms with Crippen LogP contribution in [0.15, 0.2) is 48.8 Å². The van der Waals surface area contributed by atoms with Gasteiger partial charge in [0.05, 0.1) is 35.9 Å². The van der Waals surface area contributed by atoms with Crippen molar-refractivity contribution < 1.29 is 28.7 Å². The minimum Gasteiger partial charge on any atom is -0.375 e. The summed E-state index contributed by atoms with van der Waals surface area (Å²) in [5.74, 6) is -0.0759. The highest BCUT2D eigenvalue weighted by atomic mass is 16.6. The lowest BCUT2D eigenvalue weighted by atomic mass is 9.92. The average molecular weight is 687 g/mol. The van der Waals surface area contributed by atoms with Crippen LogP contribution < -0.4 is 22.1 Å². The lowest BCUT2D eigenvalue weighted by molar-refractivity contribution is -0.140. The van der Waals surface area contributed by atoms with Gasteiger partial charge in [0, 0.05) is 5.56 Å². The predicted molar refractivity (Wildman–Crippen MR) is 188 cm³/mol. The van der Waals surface area contributed by atoms with Gasteiger partial charge in [-0.25, -0.2) is 29.1 Å². The minimum absolute atomic E-state index is 0.0663. The number of carbonyl (C=O) groups excluding carboxylic acids is 4. The molecular weight excluding hydrogens is 640 g/mol. The number of esters is 2. The third-order valence-corrected chi connectivity index (χ3v) is 8.67. The van der Waals surface area contributed by atoms with Crippen LogP contribution >= 0.6 is 0 Å². The van der Waals surface area contributed by atoms with Gasteiger partial charge in [-0.3, -0.25) is 10.6 Å². The summed E-state index contributed by atoms with van der Waals surface area (Å²) in [6.45, 7) is 15.4. The lowest BCUT2D eigenvalue weighted by Gasteiger charge is -2.23. The maximum Gasteiger partial charge on any atom is 0.412 e. The van der Waals surface area contributed by atoms with E-state index in [1.165, 1.54) is 0 Å². The molecule has 2 aromatic carbocycles. The number of carbonyl (C=O) groups is 4. The fourth-order valence-corrected chi connectivity index (χ4v) is 5.75. The number of rotatable bonds is 13. The van der Waals surface area contributed by atoms with Crippen molar-refractivity contribution in [3.05, 3.63) is 71.6 Å². The molecule has 0 saturated carbocycles. The van der Waals surface area contributed by atoms with E-state index >= 15 is 0 Å². The topological polar surface area (TPSA) is 220 Å². The number of aromatic amines is 2. The number of nitrogens with zero attached hydrogens (tertiary/aromatic N) is 2. The van der Waals surface area contributed by atoms with Crippen LogP contribution in [0.25, 0.3) is 33.6 Å². The van der Waals surface area contributed by atoms with Crippen molar-refractivity contribution in [2.45, 2.75) is 79.6 Å². The van der Waals surface area contributed by atoms with Gasteiger partial charge in [0.1, 0.15) is 23.7 Å². The molecule has 0 aliphatic carbocycles. The molecule has 2 aromatic heterocycles. The number of imidazole rings is 2. The van der Waals surface area contributed by atoms with Crippen LogP contribution in [0.2, 0.25) is 0 Å². The van der Waals surface area contributed by atoms with Crippen molar-refractivity contribution in [1.29, 1.82) is 0 Å². The summed E-state index contributed by atoms with van der Waals surface area (Å²) < 4.78 is 9.04. The van der Waals surface area contributed by atoms with E-state index in [2.05, 4.69) is 78.2 Å². The van der Waals surface area contributed by atoms with Crippen molar-refractivity contribution >= 4 is 24.1 Å². The second-order valence-electron chi connectivity index (χ2n) is 13.1. The number of nitrogens with two attached hydrogens (primary N) is 2. The molecular formula is C36H46N8O6. The summed E-state index contributed by atoms with van der Waals surface area (Å²) in [4.78, 5) is 62.3. The standard InChI is InChI=1S/C36H46N8O6/c1-17(2)29(41-21(7)33(45)49-35(37)47)31-39-15-27(43-31)24-11-9-23(10-12-24)25-13-14-26(20(6)19(25)5)28-16-40-32(44-28)30(18(3)4)42-22(8)34(46)50-36(38)48/h9-18,21-22,29-30,41-42H,1-8H3,(H2,37,47)(H2,38,48)(H,39,43)(H,40,44). The van der Waals surface area contributed by atoms with Gasteiger partial charge in [0.15, 0.2) is 0 Å². The summed E-state index contributed by atoms with van der Waals surface area (Å²) in [6.07, 6.45) is 1.24. The first kappa shape index (κ1) is 37.5. The van der Waals surface area contributed by atoms with Crippen LogP contribution in [-0.4, -0.2) is 56.1 Å². The third-order valence-electron chi connectivity index (χ3n) is 8.67. The monoisotopic (exact) mass is 686 g/mol. The van der Waals surface area contributed by atoms with E-state index in [4.69, 9.17) is 11.5 Å². The zero-order valence-electron chi connectivity index (χ0n) is 29.6. The number of ether oxygens (including phenoxy) is 2. The second-order valence-corrected chi connectivity index (χ2v) is 13.1. The first-order valence-corrected chi connectivity index (χ1v) is 16.4. The smallest absolute Gasteiger partial charge is 0.375 e. The number of hydrogen-bond acceptors (Lipinski definition) is 10. The first-order chi connectivity index (χ1) is 23.6. The molecule has 8 N–H and O–H groups in total. The normalized spacial score (nSPS) is 13.9. The molecule has 4 unspecified atom stereocenters. The Kier molecular flexibility index (Phi) is 11.9. The fourth-order valence-electron chi connectivity index (χ4n) is 5.75. The number of amides is 2. The molecule has 0 spiro atoms. The number of hydrogen-bond donors (Lipinski definition) is 6. The highest BCUT2D eigenvalue weighted by Crippen LogP contribution is 2.34. The van der Waals surface area contributed by atoms with Crippen molar-refractivity contribution in [2.75, 3.05) is 0 Å². The maximum atomic E-state index is 12.2.